The molecule has 9 heteroatoms. The maximum Gasteiger partial charge on any atom is 0.181 e. The van der Waals surface area contributed by atoms with Gasteiger partial charge in [0, 0.05) is 79.4 Å². The van der Waals surface area contributed by atoms with Gasteiger partial charge in [-0.2, -0.15) is 10.2 Å². The second-order valence-corrected chi connectivity index (χ2v) is 8.16. The molecule has 1 aliphatic heterocycles. The Bertz CT molecular complexity index is 1380. The number of hydrogen-bond donors (Lipinski definition) is 2. The van der Waals surface area contributed by atoms with E-state index < -0.39 is 0 Å². The monoisotopic (exact) mass is 413 g/mol. The van der Waals surface area contributed by atoms with Gasteiger partial charge in [0.1, 0.15) is 5.65 Å². The van der Waals surface area contributed by atoms with Gasteiger partial charge in [-0.1, -0.05) is 0 Å². The van der Waals surface area contributed by atoms with Crippen LogP contribution in [0.2, 0.25) is 0 Å². The highest BCUT2D eigenvalue weighted by Crippen LogP contribution is 2.33. The van der Waals surface area contributed by atoms with Gasteiger partial charge in [-0.15, -0.1) is 0 Å². The Labute approximate surface area is 178 Å². The molecule has 31 heavy (non-hydrogen) atoms. The van der Waals surface area contributed by atoms with E-state index in [0.29, 0.717) is 5.65 Å². The predicted octanol–water partition coefficient (Wildman–Crippen LogP) is 2.65. The van der Waals surface area contributed by atoms with Gasteiger partial charge in [-0.05, 0) is 25.2 Å². The fourth-order valence-corrected chi connectivity index (χ4v) is 4.30. The van der Waals surface area contributed by atoms with Crippen LogP contribution in [0.25, 0.3) is 44.6 Å². The Morgan fingerprint density at radius 3 is 2.61 bits per heavy atom. The first kappa shape index (κ1) is 18.1. The van der Waals surface area contributed by atoms with Crippen LogP contribution < -0.4 is 4.90 Å². The van der Waals surface area contributed by atoms with Crippen molar-refractivity contribution in [2.75, 3.05) is 38.1 Å². The van der Waals surface area contributed by atoms with Crippen molar-refractivity contribution in [3.8, 4) is 22.5 Å². The lowest BCUT2D eigenvalue weighted by molar-refractivity contribution is 0.313. The summed E-state index contributed by atoms with van der Waals surface area (Å²) in [6, 6.07) is 6.39. The first-order valence-electron chi connectivity index (χ1n) is 10.4. The maximum absolute atomic E-state index is 4.58. The Morgan fingerprint density at radius 1 is 0.935 bits per heavy atom. The van der Waals surface area contributed by atoms with Crippen LogP contribution in [0.3, 0.4) is 0 Å². The highest BCUT2D eigenvalue weighted by Gasteiger charge is 2.19. The van der Waals surface area contributed by atoms with Gasteiger partial charge in [0.25, 0.3) is 0 Å². The molecule has 0 radical (unpaired) electrons. The number of aromatic nitrogens is 7. The number of rotatable bonds is 3. The molecule has 0 saturated carbocycles. The van der Waals surface area contributed by atoms with E-state index in [9.17, 15) is 0 Å². The van der Waals surface area contributed by atoms with E-state index in [1.165, 1.54) is 5.69 Å². The van der Waals surface area contributed by atoms with Crippen molar-refractivity contribution in [3.63, 3.8) is 0 Å². The van der Waals surface area contributed by atoms with Crippen molar-refractivity contribution < 1.29 is 0 Å². The molecule has 1 saturated heterocycles. The van der Waals surface area contributed by atoms with Crippen molar-refractivity contribution in [2.45, 2.75) is 0 Å². The third kappa shape index (κ3) is 3.05. The largest absolute Gasteiger partial charge is 0.368 e. The minimum atomic E-state index is 0.688. The number of hydrogen-bond acceptors (Lipinski definition) is 6. The van der Waals surface area contributed by atoms with Crippen LogP contribution in [0, 0.1) is 0 Å². The Kier molecular flexibility index (Phi) is 4.03. The van der Waals surface area contributed by atoms with Crippen molar-refractivity contribution in [2.24, 2.45) is 7.05 Å². The van der Waals surface area contributed by atoms with Gasteiger partial charge >= 0.3 is 0 Å². The summed E-state index contributed by atoms with van der Waals surface area (Å²) in [5, 5.41) is 13.9. The molecule has 9 nitrogen and oxygen atoms in total. The SMILES string of the molecule is CN1CCN(c2ccnc3[nH]c(-c4[nH]nc5ncc(-c6cnn(C)c6)cc45)cc23)CC1. The van der Waals surface area contributed by atoms with Gasteiger partial charge < -0.3 is 14.8 Å². The lowest BCUT2D eigenvalue weighted by Crippen LogP contribution is -2.44. The van der Waals surface area contributed by atoms with E-state index >= 15 is 0 Å². The lowest BCUT2D eigenvalue weighted by Gasteiger charge is -2.34. The molecular weight excluding hydrogens is 390 g/mol. The number of likely N-dealkylation sites (N-methyl/N-ethyl adjacent to an activating group) is 1. The summed E-state index contributed by atoms with van der Waals surface area (Å²) in [7, 11) is 4.08. The zero-order chi connectivity index (χ0) is 20.9. The van der Waals surface area contributed by atoms with Crippen molar-refractivity contribution in [1.29, 1.82) is 0 Å². The van der Waals surface area contributed by atoms with E-state index in [-0.39, 0.29) is 0 Å². The van der Waals surface area contributed by atoms with Crippen molar-refractivity contribution in [3.05, 3.63) is 43.0 Å². The predicted molar refractivity (Wildman–Crippen MR) is 121 cm³/mol. The number of aryl methyl sites for hydroxylation is 1. The van der Waals surface area contributed by atoms with Crippen LogP contribution in [0.15, 0.2) is 43.0 Å². The third-order valence-electron chi connectivity index (χ3n) is 6.07. The fourth-order valence-electron chi connectivity index (χ4n) is 4.30. The van der Waals surface area contributed by atoms with Crippen LogP contribution in [0.4, 0.5) is 5.69 Å². The Hall–Kier alpha value is -3.72. The molecule has 1 aliphatic rings. The van der Waals surface area contributed by atoms with E-state index in [4.69, 9.17) is 0 Å². The van der Waals surface area contributed by atoms with Gasteiger partial charge in [0.05, 0.1) is 17.6 Å². The second kappa shape index (κ2) is 6.92. The molecule has 0 bridgehead atoms. The summed E-state index contributed by atoms with van der Waals surface area (Å²) < 4.78 is 1.79. The smallest absolute Gasteiger partial charge is 0.181 e. The molecule has 0 amide bonds. The van der Waals surface area contributed by atoms with Crippen LogP contribution in [-0.4, -0.2) is 73.1 Å². The van der Waals surface area contributed by atoms with Gasteiger partial charge in [0.15, 0.2) is 5.65 Å². The number of H-pyrrole nitrogens is 2. The molecule has 0 atom stereocenters. The molecule has 5 aromatic rings. The quantitative estimate of drug-likeness (QED) is 0.472. The standard InChI is InChI=1S/C22H23N9/c1-29-5-7-31(8-6-29)19-3-4-23-21-16(19)10-18(26-21)20-17-9-14(11-24-22(17)28-27-20)15-12-25-30(2)13-15/h3-4,9-13H,5-8H2,1-2H3,(H,23,26)(H,24,27,28). The molecular formula is C22H23N9. The van der Waals surface area contributed by atoms with E-state index in [1.807, 2.05) is 31.8 Å². The maximum atomic E-state index is 4.58. The zero-order valence-electron chi connectivity index (χ0n) is 17.5. The van der Waals surface area contributed by atoms with Crippen LogP contribution >= 0.6 is 0 Å². The number of piperazine rings is 1. The first-order chi connectivity index (χ1) is 15.2. The lowest BCUT2D eigenvalue weighted by atomic mass is 10.1. The fraction of sp³-hybridized carbons (Fsp3) is 0.273. The molecule has 6 rings (SSSR count). The highest BCUT2D eigenvalue weighted by molar-refractivity contribution is 5.98. The van der Waals surface area contributed by atoms with Crippen LogP contribution in [0.1, 0.15) is 0 Å². The molecule has 0 aromatic carbocycles. The Balaban J connectivity index is 1.44. The molecule has 1 fully saturated rings. The van der Waals surface area contributed by atoms with Crippen LogP contribution in [0.5, 0.6) is 0 Å². The summed E-state index contributed by atoms with van der Waals surface area (Å²) in [6.07, 6.45) is 7.54. The van der Waals surface area contributed by atoms with Gasteiger partial charge in [-0.25, -0.2) is 9.97 Å². The molecule has 0 aliphatic carbocycles. The van der Waals surface area contributed by atoms with Crippen LogP contribution in [-0.2, 0) is 7.05 Å². The molecule has 0 spiro atoms. The Morgan fingerprint density at radius 2 is 1.81 bits per heavy atom. The number of anilines is 1. The second-order valence-electron chi connectivity index (χ2n) is 8.16. The summed E-state index contributed by atoms with van der Waals surface area (Å²) in [5.41, 5.74) is 6.69. The first-order valence-corrected chi connectivity index (χ1v) is 10.4. The molecule has 6 heterocycles. The van der Waals surface area contributed by atoms with Crippen molar-refractivity contribution >= 4 is 27.8 Å². The average molecular weight is 413 g/mol. The van der Waals surface area contributed by atoms with E-state index in [0.717, 1.165) is 65.1 Å². The molecule has 156 valence electrons. The van der Waals surface area contributed by atoms with E-state index in [1.54, 1.807) is 4.68 Å². The summed E-state index contributed by atoms with van der Waals surface area (Å²) in [5.74, 6) is 0. The van der Waals surface area contributed by atoms with E-state index in [2.05, 4.69) is 65.3 Å². The summed E-state index contributed by atoms with van der Waals surface area (Å²) >= 11 is 0. The number of nitrogens with zero attached hydrogens (tertiary/aromatic N) is 7. The third-order valence-corrected chi connectivity index (χ3v) is 6.07. The number of pyridine rings is 2. The summed E-state index contributed by atoms with van der Waals surface area (Å²) in [6.45, 7) is 4.16. The average Bonchev–Trinajstić information content (AvgIpc) is 3.51. The topological polar surface area (TPSA) is 94.5 Å². The molecule has 2 N–H and O–H groups in total. The minimum absolute atomic E-state index is 0.688. The normalized spacial score (nSPS) is 15.4. The number of aromatic amines is 2. The summed E-state index contributed by atoms with van der Waals surface area (Å²) in [4.78, 5) is 17.4. The number of nitrogens with one attached hydrogen (secondary N) is 2. The van der Waals surface area contributed by atoms with Crippen molar-refractivity contribution in [1.82, 2.24) is 39.8 Å². The molecule has 0 unspecified atom stereocenters. The van der Waals surface area contributed by atoms with Gasteiger partial charge in [0.2, 0.25) is 0 Å². The zero-order valence-corrected chi connectivity index (χ0v) is 17.5. The number of fused-ring (bicyclic) bond motifs is 2. The minimum Gasteiger partial charge on any atom is -0.368 e. The van der Waals surface area contributed by atoms with Gasteiger partial charge in [-0.3, -0.25) is 9.78 Å². The highest BCUT2D eigenvalue weighted by atomic mass is 15.3. The molecule has 5 aromatic heterocycles.